The number of hydrogen-bond donors (Lipinski definition) is 0. The van der Waals surface area contributed by atoms with Crippen LogP contribution >= 0.6 is 24.0 Å². The summed E-state index contributed by atoms with van der Waals surface area (Å²) < 4.78 is 2.12. The first-order chi connectivity index (χ1) is 14.3. The molecule has 0 aromatic carbocycles. The van der Waals surface area contributed by atoms with Crippen molar-refractivity contribution in [1.82, 2.24) is 9.47 Å². The first kappa shape index (κ1) is 22.6. The summed E-state index contributed by atoms with van der Waals surface area (Å²) in [6.45, 7) is 7.52. The third-order valence-corrected chi connectivity index (χ3v) is 7.33. The number of aromatic nitrogens is 1. The molecule has 0 radical (unpaired) electrons. The minimum Gasteiger partial charge on any atom is -0.357 e. The molecule has 2 aliphatic rings. The molecule has 3 rings (SSSR count). The van der Waals surface area contributed by atoms with Crippen LogP contribution in [0.4, 0.5) is 5.82 Å². The van der Waals surface area contributed by atoms with Gasteiger partial charge >= 0.3 is 0 Å². The molecular formula is C22H28N4O2S2. The van der Waals surface area contributed by atoms with Gasteiger partial charge in [-0.05, 0) is 44.7 Å². The Morgan fingerprint density at radius 3 is 2.43 bits per heavy atom. The molecule has 2 fully saturated rings. The van der Waals surface area contributed by atoms with E-state index < -0.39 is 0 Å². The number of anilines is 1. The number of rotatable bonds is 4. The Kier molecular flexibility index (Phi) is 7.04. The molecule has 30 heavy (non-hydrogen) atoms. The topological polar surface area (TPSA) is 69.3 Å². The number of amides is 1. The molecule has 3 heterocycles. The Labute approximate surface area is 187 Å². The lowest BCUT2D eigenvalue weighted by molar-refractivity contribution is -0.123. The van der Waals surface area contributed by atoms with Gasteiger partial charge in [0.05, 0.1) is 4.91 Å². The Morgan fingerprint density at radius 2 is 1.87 bits per heavy atom. The number of thioether (sulfide) groups is 1. The van der Waals surface area contributed by atoms with E-state index in [1.807, 2.05) is 19.9 Å². The van der Waals surface area contributed by atoms with Crippen molar-refractivity contribution in [2.75, 3.05) is 18.0 Å². The fraction of sp³-hybridized carbons (Fsp3) is 0.545. The first-order valence-corrected chi connectivity index (χ1v) is 11.7. The van der Waals surface area contributed by atoms with Crippen LogP contribution in [-0.2, 0) is 11.8 Å². The van der Waals surface area contributed by atoms with Gasteiger partial charge in [0.15, 0.2) is 0 Å². The van der Waals surface area contributed by atoms with E-state index in [1.54, 1.807) is 23.4 Å². The van der Waals surface area contributed by atoms with Crippen molar-refractivity contribution in [1.29, 1.82) is 5.26 Å². The maximum absolute atomic E-state index is 13.1. The Hall–Kier alpha value is -2.11. The highest BCUT2D eigenvalue weighted by Crippen LogP contribution is 2.37. The van der Waals surface area contributed by atoms with Crippen molar-refractivity contribution in [3.63, 3.8) is 0 Å². The maximum atomic E-state index is 13.1. The highest BCUT2D eigenvalue weighted by atomic mass is 32.2. The van der Waals surface area contributed by atoms with Gasteiger partial charge in [0.2, 0.25) is 0 Å². The molecular weight excluding hydrogens is 416 g/mol. The van der Waals surface area contributed by atoms with Crippen molar-refractivity contribution in [3.8, 4) is 6.07 Å². The Morgan fingerprint density at radius 1 is 1.23 bits per heavy atom. The molecule has 0 aliphatic carbocycles. The number of hydrogen-bond acceptors (Lipinski definition) is 6. The highest BCUT2D eigenvalue weighted by molar-refractivity contribution is 8.26. The van der Waals surface area contributed by atoms with E-state index in [4.69, 9.17) is 12.2 Å². The van der Waals surface area contributed by atoms with Gasteiger partial charge < -0.3 is 4.90 Å². The summed E-state index contributed by atoms with van der Waals surface area (Å²) in [5, 5.41) is 9.60. The van der Waals surface area contributed by atoms with Crippen molar-refractivity contribution in [2.45, 2.75) is 58.9 Å². The third-order valence-electron chi connectivity index (χ3n) is 6.00. The van der Waals surface area contributed by atoms with Crippen molar-refractivity contribution >= 4 is 46.1 Å². The van der Waals surface area contributed by atoms with Gasteiger partial charge in [-0.2, -0.15) is 5.26 Å². The van der Waals surface area contributed by atoms with Gasteiger partial charge in [-0.3, -0.25) is 19.1 Å². The van der Waals surface area contributed by atoms with E-state index >= 15 is 0 Å². The monoisotopic (exact) mass is 444 g/mol. The van der Waals surface area contributed by atoms with Crippen molar-refractivity contribution in [2.24, 2.45) is 7.05 Å². The van der Waals surface area contributed by atoms with Gasteiger partial charge in [0.1, 0.15) is 21.8 Å². The summed E-state index contributed by atoms with van der Waals surface area (Å²) >= 11 is 6.76. The molecule has 8 heteroatoms. The Bertz CT molecular complexity index is 998. The summed E-state index contributed by atoms with van der Waals surface area (Å²) in [7, 11) is 1.71. The molecule has 0 bridgehead atoms. The van der Waals surface area contributed by atoms with Crippen LogP contribution in [0.5, 0.6) is 0 Å². The number of carbonyl (C=O) groups is 1. The smallest absolute Gasteiger partial charge is 0.270 e. The lowest BCUT2D eigenvalue weighted by atomic mass is 10.0. The lowest BCUT2D eigenvalue weighted by Crippen LogP contribution is -2.36. The third kappa shape index (κ3) is 4.06. The molecule has 6 nitrogen and oxygen atoms in total. The summed E-state index contributed by atoms with van der Waals surface area (Å²) in [4.78, 5) is 30.4. The minimum absolute atomic E-state index is 0.0318. The quantitative estimate of drug-likeness (QED) is 0.517. The molecule has 0 spiro atoms. The van der Waals surface area contributed by atoms with Gasteiger partial charge in [0.25, 0.3) is 11.5 Å². The fourth-order valence-corrected chi connectivity index (χ4v) is 5.49. The second-order valence-electron chi connectivity index (χ2n) is 7.92. The number of carbonyl (C=O) groups excluding carboxylic acids is 1. The molecule has 2 saturated heterocycles. The normalized spacial score (nSPS) is 19.9. The number of thiocarbonyl (C=S) groups is 1. The molecule has 160 valence electrons. The number of pyridine rings is 1. The van der Waals surface area contributed by atoms with Crippen LogP contribution in [0.1, 0.15) is 62.6 Å². The van der Waals surface area contributed by atoms with Crippen molar-refractivity contribution < 1.29 is 4.79 Å². The Balaban J connectivity index is 2.18. The van der Waals surface area contributed by atoms with Crippen LogP contribution in [0.15, 0.2) is 9.70 Å². The van der Waals surface area contributed by atoms with E-state index in [0.29, 0.717) is 14.8 Å². The average Bonchev–Trinajstić information content (AvgIpc) is 2.90. The average molecular weight is 445 g/mol. The van der Waals surface area contributed by atoms with Crippen LogP contribution in [-0.4, -0.2) is 38.8 Å². The van der Waals surface area contributed by atoms with E-state index in [-0.39, 0.29) is 23.1 Å². The van der Waals surface area contributed by atoms with E-state index in [2.05, 4.69) is 11.0 Å². The predicted molar refractivity (Wildman–Crippen MR) is 127 cm³/mol. The van der Waals surface area contributed by atoms with Gasteiger partial charge in [0, 0.05) is 31.7 Å². The van der Waals surface area contributed by atoms with Crippen LogP contribution in [0.25, 0.3) is 6.08 Å². The summed E-state index contributed by atoms with van der Waals surface area (Å²) in [5.74, 6) is 0.681. The van der Waals surface area contributed by atoms with E-state index in [9.17, 15) is 14.9 Å². The molecule has 1 aromatic heterocycles. The molecule has 0 unspecified atom stereocenters. The second kappa shape index (κ2) is 9.36. The molecule has 2 aliphatic heterocycles. The lowest BCUT2D eigenvalue weighted by Gasteiger charge is -2.28. The predicted octanol–water partition coefficient (Wildman–Crippen LogP) is 3.95. The summed E-state index contributed by atoms with van der Waals surface area (Å²) in [5.41, 5.74) is 1.21. The summed E-state index contributed by atoms with van der Waals surface area (Å²) in [6.07, 6.45) is 7.10. The van der Waals surface area contributed by atoms with Crippen LogP contribution in [0.2, 0.25) is 0 Å². The zero-order valence-corrected chi connectivity index (χ0v) is 19.7. The van der Waals surface area contributed by atoms with Crippen LogP contribution in [0, 0.1) is 18.3 Å². The minimum atomic E-state index is -0.293. The zero-order chi connectivity index (χ0) is 22.0. The van der Waals surface area contributed by atoms with Crippen molar-refractivity contribution in [3.05, 3.63) is 31.9 Å². The highest BCUT2D eigenvalue weighted by Gasteiger charge is 2.35. The molecule has 0 N–H and O–H groups in total. The van der Waals surface area contributed by atoms with E-state index in [1.165, 1.54) is 24.6 Å². The van der Waals surface area contributed by atoms with Crippen LogP contribution < -0.4 is 10.5 Å². The standard InChI is InChI=1S/C22H28N4O2S2/c1-5-14(2)26-21(28)18(30-22(26)29)12-16-15(3)17(13-23)20(27)24(4)19(16)25-10-8-6-7-9-11-25/h12,14H,5-11H2,1-4H3/b18-12-/t14-/m1/s1. The van der Waals surface area contributed by atoms with Gasteiger partial charge in [-0.25, -0.2) is 0 Å². The number of nitriles is 1. The van der Waals surface area contributed by atoms with E-state index in [0.717, 1.165) is 43.7 Å². The number of nitrogens with zero attached hydrogens (tertiary/aromatic N) is 4. The summed E-state index contributed by atoms with van der Waals surface area (Å²) in [6, 6.07) is 2.09. The van der Waals surface area contributed by atoms with Gasteiger partial charge in [-0.15, -0.1) is 0 Å². The van der Waals surface area contributed by atoms with Crippen LogP contribution in [0.3, 0.4) is 0 Å². The largest absolute Gasteiger partial charge is 0.357 e. The van der Waals surface area contributed by atoms with Gasteiger partial charge in [-0.1, -0.05) is 43.7 Å². The second-order valence-corrected chi connectivity index (χ2v) is 9.60. The fourth-order valence-electron chi connectivity index (χ4n) is 4.05. The zero-order valence-electron chi connectivity index (χ0n) is 18.0. The molecule has 0 saturated carbocycles. The molecule has 1 amide bonds. The first-order valence-electron chi connectivity index (χ1n) is 10.5. The molecule has 1 aromatic rings. The maximum Gasteiger partial charge on any atom is 0.270 e. The molecule has 1 atom stereocenters. The SMILES string of the molecule is CC[C@@H](C)N1C(=O)/C(=C/c2c(C)c(C#N)c(=O)n(C)c2N2CCCCCC2)SC1=S.